The van der Waals surface area contributed by atoms with Crippen molar-refractivity contribution in [1.82, 2.24) is 19.6 Å². The van der Waals surface area contributed by atoms with E-state index in [9.17, 15) is 14.7 Å². The molecule has 8 heteroatoms. The van der Waals surface area contributed by atoms with E-state index in [4.69, 9.17) is 4.74 Å². The third-order valence-corrected chi connectivity index (χ3v) is 5.31. The van der Waals surface area contributed by atoms with Crippen molar-refractivity contribution in [3.8, 4) is 34.0 Å². The number of hydrogen-bond donors (Lipinski definition) is 1. The second-order valence-corrected chi connectivity index (χ2v) is 7.88. The van der Waals surface area contributed by atoms with Gasteiger partial charge in [-0.1, -0.05) is 6.07 Å². The van der Waals surface area contributed by atoms with Crippen LogP contribution in [0.4, 0.5) is 0 Å². The zero-order valence-electron chi connectivity index (χ0n) is 19.9. The fraction of sp³-hybridized carbons (Fsp3) is 0.231. The standard InChI is InChI=1S/2C13H14N2O2/c1-9(16)10-4-5-13(17-3)11(8-10)12-6-7-14-15(12)2;1-9(16)7-10-3-4-13(17)11(8-10)12-5-6-14-15(12)2/h4-8H,1-3H3;3-6,8,17H,7H2,1-2H3. The fourth-order valence-electron chi connectivity index (χ4n) is 3.59. The normalized spacial score (nSPS) is 10.4. The molecule has 0 amide bonds. The molecule has 2 aromatic heterocycles. The number of carbonyl (C=O) groups excluding carboxylic acids is 2. The van der Waals surface area contributed by atoms with Crippen molar-refractivity contribution in [1.29, 1.82) is 0 Å². The van der Waals surface area contributed by atoms with Gasteiger partial charge in [-0.05, 0) is 61.9 Å². The first-order chi connectivity index (χ1) is 16.2. The van der Waals surface area contributed by atoms with Gasteiger partial charge in [-0.15, -0.1) is 0 Å². The van der Waals surface area contributed by atoms with E-state index in [-0.39, 0.29) is 17.3 Å². The quantitative estimate of drug-likeness (QED) is 0.433. The number of ketones is 2. The molecule has 0 bridgehead atoms. The summed E-state index contributed by atoms with van der Waals surface area (Å²) in [5, 5.41) is 18.0. The highest BCUT2D eigenvalue weighted by Gasteiger charge is 2.12. The van der Waals surface area contributed by atoms with E-state index in [2.05, 4.69) is 10.2 Å². The SMILES string of the molecule is CC(=O)Cc1ccc(O)c(-c2ccnn2C)c1.COc1ccc(C(C)=O)cc1-c1ccnn1C. The van der Waals surface area contributed by atoms with Gasteiger partial charge in [0.25, 0.3) is 0 Å². The molecule has 0 aliphatic carbocycles. The molecule has 0 atom stereocenters. The molecular formula is C26H28N4O4. The number of Topliss-reactive ketones (excluding diaryl/α,β-unsaturated/α-hetero) is 2. The first kappa shape index (κ1) is 24.4. The zero-order valence-corrected chi connectivity index (χ0v) is 19.9. The Bertz CT molecular complexity index is 1320. The van der Waals surface area contributed by atoms with E-state index in [0.717, 1.165) is 28.3 Å². The lowest BCUT2D eigenvalue weighted by molar-refractivity contribution is -0.116. The van der Waals surface area contributed by atoms with E-state index in [0.29, 0.717) is 17.5 Å². The monoisotopic (exact) mass is 460 g/mol. The van der Waals surface area contributed by atoms with Crippen LogP contribution < -0.4 is 4.74 Å². The Morgan fingerprint density at radius 3 is 2.00 bits per heavy atom. The number of aryl methyl sites for hydroxylation is 2. The number of methoxy groups -OCH3 is 1. The molecule has 2 aromatic carbocycles. The van der Waals surface area contributed by atoms with Crippen molar-refractivity contribution in [3.63, 3.8) is 0 Å². The van der Waals surface area contributed by atoms with Crippen LogP contribution in [0.1, 0.15) is 29.8 Å². The van der Waals surface area contributed by atoms with E-state index in [1.54, 1.807) is 67.0 Å². The molecule has 0 saturated heterocycles. The lowest BCUT2D eigenvalue weighted by Crippen LogP contribution is -1.99. The third-order valence-electron chi connectivity index (χ3n) is 5.31. The Balaban J connectivity index is 0.000000191. The molecule has 0 fully saturated rings. The minimum absolute atomic E-state index is 0.0380. The van der Waals surface area contributed by atoms with Crippen molar-refractivity contribution >= 4 is 11.6 Å². The Hall–Kier alpha value is -4.20. The summed E-state index contributed by atoms with van der Waals surface area (Å²) >= 11 is 0. The van der Waals surface area contributed by atoms with E-state index in [1.165, 1.54) is 0 Å². The molecule has 0 spiro atoms. The van der Waals surface area contributed by atoms with Gasteiger partial charge in [0.05, 0.1) is 18.5 Å². The van der Waals surface area contributed by atoms with Crippen LogP contribution in [0, 0.1) is 0 Å². The van der Waals surface area contributed by atoms with Crippen LogP contribution in [0.3, 0.4) is 0 Å². The molecular weight excluding hydrogens is 432 g/mol. The van der Waals surface area contributed by atoms with E-state index in [1.807, 2.05) is 38.4 Å². The van der Waals surface area contributed by atoms with Crippen LogP contribution in [-0.2, 0) is 25.3 Å². The summed E-state index contributed by atoms with van der Waals surface area (Å²) in [7, 11) is 5.28. The van der Waals surface area contributed by atoms with Crippen LogP contribution in [0.25, 0.3) is 22.5 Å². The highest BCUT2D eigenvalue weighted by atomic mass is 16.5. The molecule has 0 radical (unpaired) electrons. The summed E-state index contributed by atoms with van der Waals surface area (Å²) in [6.45, 7) is 3.10. The largest absolute Gasteiger partial charge is 0.507 e. The summed E-state index contributed by atoms with van der Waals surface area (Å²) in [4.78, 5) is 22.5. The average Bonchev–Trinajstić information content (AvgIpc) is 3.42. The van der Waals surface area contributed by atoms with Crippen molar-refractivity contribution in [2.24, 2.45) is 14.1 Å². The average molecular weight is 461 g/mol. The Morgan fingerprint density at radius 2 is 1.50 bits per heavy atom. The van der Waals surface area contributed by atoms with Crippen molar-refractivity contribution in [2.45, 2.75) is 20.3 Å². The molecule has 4 rings (SSSR count). The van der Waals surface area contributed by atoms with Crippen LogP contribution >= 0.6 is 0 Å². The topological polar surface area (TPSA) is 99.2 Å². The van der Waals surface area contributed by atoms with Crippen LogP contribution in [0.5, 0.6) is 11.5 Å². The van der Waals surface area contributed by atoms with Crippen LogP contribution in [0.15, 0.2) is 60.9 Å². The molecule has 2 heterocycles. The minimum atomic E-state index is 0.0380. The second kappa shape index (κ2) is 10.6. The molecule has 34 heavy (non-hydrogen) atoms. The number of aromatic nitrogens is 4. The number of phenolic OH excluding ortho intramolecular Hbond substituents is 1. The van der Waals surface area contributed by atoms with Gasteiger partial charge in [-0.3, -0.25) is 19.0 Å². The number of hydrogen-bond acceptors (Lipinski definition) is 6. The zero-order chi connectivity index (χ0) is 24.8. The van der Waals surface area contributed by atoms with Gasteiger partial charge in [0.15, 0.2) is 5.78 Å². The van der Waals surface area contributed by atoms with E-state index >= 15 is 0 Å². The second-order valence-electron chi connectivity index (χ2n) is 7.88. The summed E-state index contributed by atoms with van der Waals surface area (Å²) in [5.41, 5.74) is 4.88. The maximum Gasteiger partial charge on any atom is 0.159 e. The van der Waals surface area contributed by atoms with Crippen LogP contribution in [-0.4, -0.2) is 43.3 Å². The summed E-state index contributed by atoms with van der Waals surface area (Å²) in [6.07, 6.45) is 3.77. The molecule has 0 aliphatic rings. The first-order valence-corrected chi connectivity index (χ1v) is 10.7. The van der Waals surface area contributed by atoms with Gasteiger partial charge in [0, 0.05) is 49.6 Å². The number of benzene rings is 2. The maximum absolute atomic E-state index is 11.4. The number of aromatic hydroxyl groups is 1. The summed E-state index contributed by atoms with van der Waals surface area (Å²) < 4.78 is 8.75. The van der Waals surface area contributed by atoms with Gasteiger partial charge in [-0.2, -0.15) is 10.2 Å². The van der Waals surface area contributed by atoms with Gasteiger partial charge < -0.3 is 9.84 Å². The van der Waals surface area contributed by atoms with Gasteiger partial charge in [-0.25, -0.2) is 0 Å². The van der Waals surface area contributed by atoms with Crippen LogP contribution in [0.2, 0.25) is 0 Å². The first-order valence-electron chi connectivity index (χ1n) is 10.7. The molecule has 0 aliphatic heterocycles. The molecule has 0 unspecified atom stereocenters. The summed E-state index contributed by atoms with van der Waals surface area (Å²) in [5.74, 6) is 1.07. The third kappa shape index (κ3) is 5.58. The van der Waals surface area contributed by atoms with Gasteiger partial charge >= 0.3 is 0 Å². The fourth-order valence-corrected chi connectivity index (χ4v) is 3.59. The van der Waals surface area contributed by atoms with Gasteiger partial charge in [0.2, 0.25) is 0 Å². The highest BCUT2D eigenvalue weighted by molar-refractivity contribution is 5.95. The maximum atomic E-state index is 11.4. The lowest BCUT2D eigenvalue weighted by Gasteiger charge is -2.10. The summed E-state index contributed by atoms with van der Waals surface area (Å²) in [6, 6.07) is 14.3. The molecule has 1 N–H and O–H groups in total. The van der Waals surface area contributed by atoms with Crippen molar-refractivity contribution in [3.05, 3.63) is 72.1 Å². The minimum Gasteiger partial charge on any atom is -0.507 e. The molecule has 8 nitrogen and oxygen atoms in total. The lowest BCUT2D eigenvalue weighted by atomic mass is 10.0. The Kier molecular flexibility index (Phi) is 7.63. The number of phenols is 1. The number of nitrogens with zero attached hydrogens (tertiary/aromatic N) is 4. The predicted octanol–water partition coefficient (Wildman–Crippen LogP) is 4.22. The number of ether oxygens (including phenoxy) is 1. The number of carbonyl (C=O) groups is 2. The predicted molar refractivity (Wildman–Crippen MR) is 130 cm³/mol. The highest BCUT2D eigenvalue weighted by Crippen LogP contribution is 2.31. The molecule has 4 aromatic rings. The number of rotatable bonds is 6. The van der Waals surface area contributed by atoms with Crippen molar-refractivity contribution in [2.75, 3.05) is 7.11 Å². The van der Waals surface area contributed by atoms with Gasteiger partial charge in [0.1, 0.15) is 17.3 Å². The Morgan fingerprint density at radius 1 is 0.882 bits per heavy atom. The van der Waals surface area contributed by atoms with Crippen molar-refractivity contribution < 1.29 is 19.4 Å². The van der Waals surface area contributed by atoms with E-state index < -0.39 is 0 Å². The smallest absolute Gasteiger partial charge is 0.159 e. The Labute approximate surface area is 198 Å². The molecule has 176 valence electrons. The molecule has 0 saturated carbocycles.